The first-order valence-electron chi connectivity index (χ1n) is 9.49. The molecule has 170 valence electrons. The molecule has 1 unspecified atom stereocenters. The van der Waals surface area contributed by atoms with E-state index in [2.05, 4.69) is 15.4 Å². The van der Waals surface area contributed by atoms with E-state index in [4.69, 9.17) is 0 Å². The maximum atomic E-state index is 12.9. The smallest absolute Gasteiger partial charge is 0.406 e. The third kappa shape index (κ3) is 5.34. The monoisotopic (exact) mass is 453 g/mol. The Morgan fingerprint density at radius 2 is 1.72 bits per heavy atom. The van der Waals surface area contributed by atoms with E-state index in [1.807, 2.05) is 0 Å². The maximum Gasteiger partial charge on any atom is 0.573 e. The van der Waals surface area contributed by atoms with Crippen LogP contribution in [0.5, 0.6) is 5.75 Å². The van der Waals surface area contributed by atoms with Crippen LogP contribution in [0.25, 0.3) is 0 Å². The number of hydrogen-bond acceptors (Lipinski definition) is 4. The Bertz CT molecular complexity index is 1010. The number of alkyl halides is 3. The van der Waals surface area contributed by atoms with E-state index in [0.717, 1.165) is 22.6 Å². The predicted octanol–water partition coefficient (Wildman–Crippen LogP) is 2.85. The lowest BCUT2D eigenvalue weighted by Crippen LogP contribution is -2.43. The molecule has 0 radical (unpaired) electrons. The van der Waals surface area contributed by atoms with Crippen LogP contribution in [0, 0.1) is 5.82 Å². The van der Waals surface area contributed by atoms with Gasteiger partial charge in [-0.2, -0.15) is 0 Å². The molecule has 11 heteroatoms. The van der Waals surface area contributed by atoms with Crippen LogP contribution in [-0.2, 0) is 21.5 Å². The fraction of sp³-hybridized carbons (Fsp3) is 0.286. The molecule has 0 spiro atoms. The highest BCUT2D eigenvalue weighted by Crippen LogP contribution is 2.31. The molecule has 1 aliphatic heterocycles. The van der Waals surface area contributed by atoms with Crippen LogP contribution in [0.1, 0.15) is 18.1 Å². The summed E-state index contributed by atoms with van der Waals surface area (Å²) in [5.41, 5.74) is -0.529. The first kappa shape index (κ1) is 23.0. The van der Waals surface area contributed by atoms with Gasteiger partial charge in [-0.15, -0.1) is 13.2 Å². The van der Waals surface area contributed by atoms with E-state index in [1.54, 1.807) is 12.1 Å². The van der Waals surface area contributed by atoms with Crippen molar-refractivity contribution >= 4 is 17.8 Å². The Balaban J connectivity index is 1.59. The van der Waals surface area contributed by atoms with Crippen LogP contribution in [0.3, 0.4) is 0 Å². The van der Waals surface area contributed by atoms with Gasteiger partial charge in [0.2, 0.25) is 5.91 Å². The van der Waals surface area contributed by atoms with Crippen molar-refractivity contribution in [2.75, 3.05) is 13.1 Å². The van der Waals surface area contributed by atoms with Gasteiger partial charge in [0, 0.05) is 6.54 Å². The van der Waals surface area contributed by atoms with Crippen LogP contribution in [0.4, 0.5) is 22.4 Å². The molecule has 1 saturated heterocycles. The number of hydrogen-bond donors (Lipinski definition) is 2. The lowest BCUT2D eigenvalue weighted by atomic mass is 9.92. The Morgan fingerprint density at radius 1 is 1.09 bits per heavy atom. The van der Waals surface area contributed by atoms with Crippen molar-refractivity contribution in [1.82, 2.24) is 15.5 Å². The standard InChI is InChI=1S/C21H19F4N3O4/c1-20(14-4-8-16(9-5-14)32-21(23,24)25)18(30)28(19(31)27-20)12-17(29)26-11-10-13-2-6-15(22)7-3-13/h2-9H,10-12H2,1H3,(H,26,29)(H,27,31). The molecule has 0 aliphatic carbocycles. The molecular formula is C21H19F4N3O4. The van der Waals surface area contributed by atoms with Crippen molar-refractivity contribution in [3.63, 3.8) is 0 Å². The van der Waals surface area contributed by atoms with Crippen molar-refractivity contribution in [3.8, 4) is 5.75 Å². The summed E-state index contributed by atoms with van der Waals surface area (Å²) in [5.74, 6) is -2.14. The number of rotatable bonds is 7. The van der Waals surface area contributed by atoms with Crippen molar-refractivity contribution in [2.24, 2.45) is 0 Å². The summed E-state index contributed by atoms with van der Waals surface area (Å²) in [5, 5.41) is 5.05. The second kappa shape index (κ2) is 8.85. The molecule has 2 aromatic rings. The Hall–Kier alpha value is -3.63. The fourth-order valence-corrected chi connectivity index (χ4v) is 3.22. The average molecular weight is 453 g/mol. The maximum absolute atomic E-state index is 12.9. The molecule has 0 saturated carbocycles. The lowest BCUT2D eigenvalue weighted by Gasteiger charge is -2.22. The number of ether oxygens (including phenoxy) is 1. The number of amides is 4. The Morgan fingerprint density at radius 3 is 2.31 bits per heavy atom. The Kier molecular flexibility index (Phi) is 6.37. The molecule has 4 amide bonds. The molecule has 0 bridgehead atoms. The zero-order valence-electron chi connectivity index (χ0n) is 16.8. The van der Waals surface area contributed by atoms with Crippen molar-refractivity contribution in [1.29, 1.82) is 0 Å². The average Bonchev–Trinajstić information content (AvgIpc) is 2.93. The van der Waals surface area contributed by atoms with Gasteiger partial charge in [0.1, 0.15) is 23.7 Å². The topological polar surface area (TPSA) is 87.7 Å². The van der Waals surface area contributed by atoms with E-state index in [1.165, 1.54) is 31.2 Å². The van der Waals surface area contributed by atoms with Crippen LogP contribution < -0.4 is 15.4 Å². The van der Waals surface area contributed by atoms with Crippen molar-refractivity contribution in [3.05, 3.63) is 65.5 Å². The summed E-state index contributed by atoms with van der Waals surface area (Å²) in [6.07, 6.45) is -4.43. The van der Waals surface area contributed by atoms with Gasteiger partial charge in [0.05, 0.1) is 0 Å². The fourth-order valence-electron chi connectivity index (χ4n) is 3.22. The van der Waals surface area contributed by atoms with Gasteiger partial charge >= 0.3 is 12.4 Å². The minimum Gasteiger partial charge on any atom is -0.406 e. The minimum atomic E-state index is -4.86. The number of imide groups is 1. The first-order valence-corrected chi connectivity index (χ1v) is 9.49. The van der Waals surface area contributed by atoms with Gasteiger partial charge in [-0.25, -0.2) is 9.18 Å². The molecule has 3 rings (SSSR count). The number of nitrogens with one attached hydrogen (secondary N) is 2. The zero-order valence-corrected chi connectivity index (χ0v) is 16.8. The SMILES string of the molecule is CC1(c2ccc(OC(F)(F)F)cc2)NC(=O)N(CC(=O)NCCc2ccc(F)cc2)C1=O. The molecule has 1 atom stereocenters. The van der Waals surface area contributed by atoms with Crippen LogP contribution in [0.15, 0.2) is 48.5 Å². The zero-order chi connectivity index (χ0) is 23.5. The number of halogens is 4. The second-order valence-electron chi connectivity index (χ2n) is 7.25. The summed E-state index contributed by atoms with van der Waals surface area (Å²) in [6.45, 7) is 1.07. The minimum absolute atomic E-state index is 0.214. The van der Waals surface area contributed by atoms with Crippen LogP contribution >= 0.6 is 0 Å². The normalized spacial score (nSPS) is 18.5. The molecule has 0 aromatic heterocycles. The van der Waals surface area contributed by atoms with Gasteiger partial charge < -0.3 is 15.4 Å². The van der Waals surface area contributed by atoms with E-state index < -0.39 is 42.0 Å². The number of carbonyl (C=O) groups is 3. The van der Waals surface area contributed by atoms with E-state index in [-0.39, 0.29) is 17.9 Å². The highest BCUT2D eigenvalue weighted by atomic mass is 19.4. The largest absolute Gasteiger partial charge is 0.573 e. The van der Waals surface area contributed by atoms with Crippen molar-refractivity contribution in [2.45, 2.75) is 25.2 Å². The summed E-state index contributed by atoms with van der Waals surface area (Å²) in [6, 6.07) is 9.46. The summed E-state index contributed by atoms with van der Waals surface area (Å²) < 4.78 is 53.6. The van der Waals surface area contributed by atoms with E-state index in [9.17, 15) is 31.9 Å². The van der Waals surface area contributed by atoms with Gasteiger partial charge in [-0.05, 0) is 48.7 Å². The summed E-state index contributed by atoms with van der Waals surface area (Å²) in [4.78, 5) is 38.0. The number of nitrogens with zero attached hydrogens (tertiary/aromatic N) is 1. The molecule has 1 fully saturated rings. The number of benzene rings is 2. The van der Waals surface area contributed by atoms with Gasteiger partial charge in [-0.3, -0.25) is 14.5 Å². The van der Waals surface area contributed by atoms with E-state index in [0.29, 0.717) is 6.42 Å². The third-order valence-electron chi connectivity index (χ3n) is 4.89. The molecule has 2 aromatic carbocycles. The highest BCUT2D eigenvalue weighted by molar-refractivity contribution is 6.09. The summed E-state index contributed by atoms with van der Waals surface area (Å²) >= 11 is 0. The molecule has 7 nitrogen and oxygen atoms in total. The molecule has 32 heavy (non-hydrogen) atoms. The molecule has 1 heterocycles. The first-order chi connectivity index (χ1) is 15.0. The predicted molar refractivity (Wildman–Crippen MR) is 104 cm³/mol. The van der Waals surface area contributed by atoms with Crippen LogP contribution in [-0.4, -0.2) is 42.2 Å². The van der Waals surface area contributed by atoms with E-state index >= 15 is 0 Å². The second-order valence-corrected chi connectivity index (χ2v) is 7.25. The lowest BCUT2D eigenvalue weighted by molar-refractivity contribution is -0.274. The summed E-state index contributed by atoms with van der Waals surface area (Å²) in [7, 11) is 0. The molecular weight excluding hydrogens is 434 g/mol. The van der Waals surface area contributed by atoms with Crippen LogP contribution in [0.2, 0.25) is 0 Å². The quantitative estimate of drug-likeness (QED) is 0.499. The van der Waals surface area contributed by atoms with Gasteiger partial charge in [-0.1, -0.05) is 24.3 Å². The van der Waals surface area contributed by atoms with Gasteiger partial charge in [0.15, 0.2) is 0 Å². The van der Waals surface area contributed by atoms with Gasteiger partial charge in [0.25, 0.3) is 5.91 Å². The molecule has 1 aliphatic rings. The number of urea groups is 1. The Labute approximate surface area is 180 Å². The highest BCUT2D eigenvalue weighted by Gasteiger charge is 2.49. The number of carbonyl (C=O) groups excluding carboxylic acids is 3. The molecule has 2 N–H and O–H groups in total. The van der Waals surface area contributed by atoms with Crippen molar-refractivity contribution < 1.29 is 36.7 Å². The third-order valence-corrected chi connectivity index (χ3v) is 4.89.